The van der Waals surface area contributed by atoms with Crippen molar-refractivity contribution in [3.63, 3.8) is 0 Å². The standard InChI is InChI=1S/C15H21N7/c1-12-4-5-14(20-19-12)21-6-3-7-22(9-8-21)15-10-13(16-2)17-11-18-15/h4-5,10-11H,3,6-9H2,1-2H3,(H,16,17,18). The largest absolute Gasteiger partial charge is 0.373 e. The molecule has 2 aromatic heterocycles. The Kier molecular flexibility index (Phi) is 4.32. The topological polar surface area (TPSA) is 70.1 Å². The number of anilines is 3. The first-order valence-electron chi connectivity index (χ1n) is 7.56. The van der Waals surface area contributed by atoms with Gasteiger partial charge in [0.05, 0.1) is 5.69 Å². The van der Waals surface area contributed by atoms with Crippen LogP contribution in [0.4, 0.5) is 17.5 Å². The molecule has 0 amide bonds. The zero-order valence-electron chi connectivity index (χ0n) is 13.0. The first-order valence-corrected chi connectivity index (χ1v) is 7.56. The van der Waals surface area contributed by atoms with Crippen LogP contribution in [0.1, 0.15) is 12.1 Å². The van der Waals surface area contributed by atoms with Crippen LogP contribution in [0.15, 0.2) is 24.5 Å². The summed E-state index contributed by atoms with van der Waals surface area (Å²) in [5.74, 6) is 2.76. The van der Waals surface area contributed by atoms with Crippen molar-refractivity contribution in [1.82, 2.24) is 20.2 Å². The smallest absolute Gasteiger partial charge is 0.151 e. The van der Waals surface area contributed by atoms with Gasteiger partial charge in [0.2, 0.25) is 0 Å². The van der Waals surface area contributed by atoms with Crippen LogP contribution in [-0.4, -0.2) is 53.4 Å². The predicted molar refractivity (Wildman–Crippen MR) is 87.4 cm³/mol. The summed E-state index contributed by atoms with van der Waals surface area (Å²) in [5.41, 5.74) is 0.945. The summed E-state index contributed by atoms with van der Waals surface area (Å²) in [7, 11) is 1.87. The molecule has 0 spiro atoms. The van der Waals surface area contributed by atoms with Crippen LogP contribution < -0.4 is 15.1 Å². The molecule has 0 bridgehead atoms. The molecule has 0 unspecified atom stereocenters. The molecule has 0 saturated carbocycles. The summed E-state index contributed by atoms with van der Waals surface area (Å²) in [5, 5.41) is 11.5. The normalized spacial score (nSPS) is 15.5. The minimum absolute atomic E-state index is 0.843. The quantitative estimate of drug-likeness (QED) is 0.917. The van der Waals surface area contributed by atoms with Gasteiger partial charge in [0.1, 0.15) is 18.0 Å². The number of rotatable bonds is 3. The summed E-state index contributed by atoms with van der Waals surface area (Å²) < 4.78 is 0. The highest BCUT2D eigenvalue weighted by atomic mass is 15.3. The molecule has 7 nitrogen and oxygen atoms in total. The summed E-state index contributed by atoms with van der Waals surface area (Å²) >= 11 is 0. The maximum absolute atomic E-state index is 4.39. The minimum atomic E-state index is 0.843. The van der Waals surface area contributed by atoms with Gasteiger partial charge < -0.3 is 15.1 Å². The van der Waals surface area contributed by atoms with Crippen molar-refractivity contribution in [2.75, 3.05) is 48.3 Å². The van der Waals surface area contributed by atoms with Crippen LogP contribution in [0.3, 0.4) is 0 Å². The van der Waals surface area contributed by atoms with E-state index in [1.165, 1.54) is 0 Å². The minimum Gasteiger partial charge on any atom is -0.373 e. The number of nitrogens with zero attached hydrogens (tertiary/aromatic N) is 6. The average Bonchev–Trinajstić information content (AvgIpc) is 2.82. The van der Waals surface area contributed by atoms with Gasteiger partial charge in [0.15, 0.2) is 5.82 Å². The Bertz CT molecular complexity index is 614. The van der Waals surface area contributed by atoms with Crippen molar-refractivity contribution in [3.05, 3.63) is 30.2 Å². The first-order chi connectivity index (χ1) is 10.8. The van der Waals surface area contributed by atoms with Gasteiger partial charge in [-0.2, -0.15) is 5.10 Å². The van der Waals surface area contributed by atoms with Gasteiger partial charge in [-0.3, -0.25) is 0 Å². The molecular formula is C15H21N7. The molecule has 1 fully saturated rings. The Morgan fingerprint density at radius 3 is 2.41 bits per heavy atom. The van der Waals surface area contributed by atoms with E-state index in [2.05, 4.69) is 35.3 Å². The van der Waals surface area contributed by atoms with Crippen molar-refractivity contribution in [2.45, 2.75) is 13.3 Å². The molecule has 1 N–H and O–H groups in total. The third-order valence-corrected chi connectivity index (χ3v) is 3.84. The van der Waals surface area contributed by atoms with Crippen LogP contribution in [0.25, 0.3) is 0 Å². The van der Waals surface area contributed by atoms with Crippen molar-refractivity contribution in [1.29, 1.82) is 0 Å². The van der Waals surface area contributed by atoms with Crippen LogP contribution >= 0.6 is 0 Å². The van der Waals surface area contributed by atoms with E-state index in [1.807, 2.05) is 32.2 Å². The summed E-state index contributed by atoms with van der Waals surface area (Å²) in [6.07, 6.45) is 2.67. The number of hydrogen-bond acceptors (Lipinski definition) is 7. The van der Waals surface area contributed by atoms with E-state index in [0.717, 1.165) is 55.7 Å². The van der Waals surface area contributed by atoms with Gasteiger partial charge in [0.25, 0.3) is 0 Å². The van der Waals surface area contributed by atoms with E-state index in [0.29, 0.717) is 0 Å². The molecule has 1 saturated heterocycles. The number of aromatic nitrogens is 4. The van der Waals surface area contributed by atoms with E-state index in [9.17, 15) is 0 Å². The molecule has 2 aromatic rings. The third-order valence-electron chi connectivity index (χ3n) is 3.84. The van der Waals surface area contributed by atoms with Crippen LogP contribution in [0.2, 0.25) is 0 Å². The Hall–Kier alpha value is -2.44. The van der Waals surface area contributed by atoms with Gasteiger partial charge in [-0.05, 0) is 25.5 Å². The molecule has 1 aliphatic rings. The maximum atomic E-state index is 4.39. The highest BCUT2D eigenvalue weighted by molar-refractivity contribution is 5.49. The van der Waals surface area contributed by atoms with E-state index in [-0.39, 0.29) is 0 Å². The van der Waals surface area contributed by atoms with E-state index >= 15 is 0 Å². The molecule has 7 heteroatoms. The Morgan fingerprint density at radius 2 is 1.73 bits per heavy atom. The molecule has 0 aliphatic carbocycles. The highest BCUT2D eigenvalue weighted by Gasteiger charge is 2.17. The molecule has 0 radical (unpaired) electrons. The fraction of sp³-hybridized carbons (Fsp3) is 0.467. The highest BCUT2D eigenvalue weighted by Crippen LogP contribution is 2.18. The van der Waals surface area contributed by atoms with Crippen molar-refractivity contribution >= 4 is 17.5 Å². The zero-order valence-corrected chi connectivity index (χ0v) is 13.0. The number of nitrogens with one attached hydrogen (secondary N) is 1. The van der Waals surface area contributed by atoms with Gasteiger partial charge in [0, 0.05) is 39.3 Å². The third kappa shape index (κ3) is 3.24. The lowest BCUT2D eigenvalue weighted by atomic mass is 10.3. The van der Waals surface area contributed by atoms with Crippen molar-refractivity contribution < 1.29 is 0 Å². The number of aryl methyl sites for hydroxylation is 1. The van der Waals surface area contributed by atoms with Gasteiger partial charge in [-0.15, -0.1) is 5.10 Å². The fourth-order valence-corrected chi connectivity index (χ4v) is 2.59. The molecular weight excluding hydrogens is 278 g/mol. The van der Waals surface area contributed by atoms with Crippen molar-refractivity contribution in [3.8, 4) is 0 Å². The maximum Gasteiger partial charge on any atom is 0.151 e. The Balaban J connectivity index is 1.70. The van der Waals surface area contributed by atoms with Crippen molar-refractivity contribution in [2.24, 2.45) is 0 Å². The number of hydrogen-bond donors (Lipinski definition) is 1. The summed E-state index contributed by atoms with van der Waals surface area (Å²) in [6, 6.07) is 6.04. The molecule has 0 aromatic carbocycles. The molecule has 3 heterocycles. The lowest BCUT2D eigenvalue weighted by Crippen LogP contribution is -2.31. The SMILES string of the molecule is CNc1cc(N2CCCN(c3ccc(C)nn3)CC2)ncn1. The first kappa shape index (κ1) is 14.5. The molecule has 3 rings (SSSR count). The van der Waals surface area contributed by atoms with Crippen LogP contribution in [-0.2, 0) is 0 Å². The molecule has 116 valence electrons. The Labute approximate surface area is 130 Å². The molecule has 22 heavy (non-hydrogen) atoms. The van der Waals surface area contributed by atoms with Crippen LogP contribution in [0, 0.1) is 6.92 Å². The zero-order chi connectivity index (χ0) is 15.4. The second-order valence-corrected chi connectivity index (χ2v) is 5.37. The van der Waals surface area contributed by atoms with Gasteiger partial charge in [-0.25, -0.2) is 9.97 Å². The van der Waals surface area contributed by atoms with Gasteiger partial charge in [-0.1, -0.05) is 0 Å². The molecule has 1 aliphatic heterocycles. The van der Waals surface area contributed by atoms with E-state index in [1.54, 1.807) is 6.33 Å². The van der Waals surface area contributed by atoms with E-state index in [4.69, 9.17) is 0 Å². The van der Waals surface area contributed by atoms with Gasteiger partial charge >= 0.3 is 0 Å². The predicted octanol–water partition coefficient (Wildman–Crippen LogP) is 1.33. The van der Waals surface area contributed by atoms with Crippen LogP contribution in [0.5, 0.6) is 0 Å². The summed E-state index contributed by atoms with van der Waals surface area (Å²) in [4.78, 5) is 13.1. The lowest BCUT2D eigenvalue weighted by Gasteiger charge is -2.23. The molecule has 0 atom stereocenters. The summed E-state index contributed by atoms with van der Waals surface area (Å²) in [6.45, 7) is 5.75. The second-order valence-electron chi connectivity index (χ2n) is 5.37. The van der Waals surface area contributed by atoms with E-state index < -0.39 is 0 Å². The monoisotopic (exact) mass is 299 g/mol. The second kappa shape index (κ2) is 6.55. The fourth-order valence-electron chi connectivity index (χ4n) is 2.59. The Morgan fingerprint density at radius 1 is 0.955 bits per heavy atom. The lowest BCUT2D eigenvalue weighted by molar-refractivity contribution is 0.782. The average molecular weight is 299 g/mol.